The molecule has 0 saturated heterocycles. The lowest BCUT2D eigenvalue weighted by molar-refractivity contribution is -0.126. The lowest BCUT2D eigenvalue weighted by Crippen LogP contribution is -2.43. The summed E-state index contributed by atoms with van der Waals surface area (Å²) < 4.78 is 2.42. The monoisotopic (exact) mass is 359 g/mol. The molecule has 22 heavy (non-hydrogen) atoms. The standard InChI is InChI=1S/C10H13N7O2S3/c1-6-12-16-10(22-6)21-4-8(19)14-13-7(18)3-20-9-15-11-5-17(9)2/h5H,3-4H2,1-2H3,(H,13,18)(H,14,19). The van der Waals surface area contributed by atoms with Crippen LogP contribution >= 0.6 is 34.9 Å². The molecule has 9 nitrogen and oxygen atoms in total. The van der Waals surface area contributed by atoms with Crippen molar-refractivity contribution in [1.29, 1.82) is 0 Å². The van der Waals surface area contributed by atoms with Crippen molar-refractivity contribution in [2.24, 2.45) is 7.05 Å². The molecule has 2 aromatic heterocycles. The van der Waals surface area contributed by atoms with Gasteiger partial charge in [-0.2, -0.15) is 0 Å². The molecule has 2 rings (SSSR count). The van der Waals surface area contributed by atoms with Crippen molar-refractivity contribution in [3.63, 3.8) is 0 Å². The van der Waals surface area contributed by atoms with Gasteiger partial charge in [0.05, 0.1) is 11.5 Å². The molecule has 0 spiro atoms. The SMILES string of the molecule is Cc1nnc(SCC(=O)NNC(=O)CSc2nncn2C)s1. The molecule has 2 heterocycles. The van der Waals surface area contributed by atoms with Gasteiger partial charge in [-0.3, -0.25) is 20.4 Å². The fraction of sp³-hybridized carbons (Fsp3) is 0.400. The third-order valence-corrected chi connectivity index (χ3v) is 5.18. The summed E-state index contributed by atoms with van der Waals surface area (Å²) in [5.41, 5.74) is 4.69. The highest BCUT2D eigenvalue weighted by Gasteiger charge is 2.09. The molecule has 0 unspecified atom stereocenters. The third-order valence-electron chi connectivity index (χ3n) is 2.18. The lowest BCUT2D eigenvalue weighted by atomic mass is 10.7. The first-order valence-electron chi connectivity index (χ1n) is 6.02. The largest absolute Gasteiger partial charge is 0.312 e. The van der Waals surface area contributed by atoms with Gasteiger partial charge in [0, 0.05) is 7.05 Å². The van der Waals surface area contributed by atoms with Gasteiger partial charge in [0.2, 0.25) is 11.8 Å². The van der Waals surface area contributed by atoms with E-state index >= 15 is 0 Å². The number of nitrogens with one attached hydrogen (secondary N) is 2. The van der Waals surface area contributed by atoms with E-state index < -0.39 is 0 Å². The van der Waals surface area contributed by atoms with Crippen LogP contribution in [0.15, 0.2) is 15.8 Å². The topological polar surface area (TPSA) is 115 Å². The smallest absolute Gasteiger partial charge is 0.248 e. The Morgan fingerprint density at radius 2 is 1.86 bits per heavy atom. The maximum absolute atomic E-state index is 11.6. The van der Waals surface area contributed by atoms with Crippen molar-refractivity contribution in [2.75, 3.05) is 11.5 Å². The van der Waals surface area contributed by atoms with E-state index in [-0.39, 0.29) is 23.3 Å². The molecular formula is C10H13N7O2S3. The first-order valence-corrected chi connectivity index (χ1v) is 8.80. The fourth-order valence-electron chi connectivity index (χ4n) is 1.21. The van der Waals surface area contributed by atoms with E-state index in [1.807, 2.05) is 6.92 Å². The number of hydrogen-bond donors (Lipinski definition) is 2. The highest BCUT2D eigenvalue weighted by Crippen LogP contribution is 2.21. The maximum atomic E-state index is 11.6. The molecule has 0 radical (unpaired) electrons. The van der Waals surface area contributed by atoms with Crippen LogP contribution in [0, 0.1) is 6.92 Å². The molecule has 12 heteroatoms. The van der Waals surface area contributed by atoms with Gasteiger partial charge < -0.3 is 4.57 Å². The summed E-state index contributed by atoms with van der Waals surface area (Å²) in [7, 11) is 1.79. The maximum Gasteiger partial charge on any atom is 0.248 e. The molecule has 0 saturated carbocycles. The second-order valence-electron chi connectivity index (χ2n) is 3.99. The van der Waals surface area contributed by atoms with Crippen LogP contribution in [0.25, 0.3) is 0 Å². The number of aromatic nitrogens is 5. The number of thioether (sulfide) groups is 2. The molecule has 0 fully saturated rings. The molecule has 0 atom stereocenters. The highest BCUT2D eigenvalue weighted by atomic mass is 32.2. The number of hydrogen-bond acceptors (Lipinski definition) is 9. The van der Waals surface area contributed by atoms with Crippen molar-refractivity contribution < 1.29 is 9.59 Å². The Labute approximate surface area is 138 Å². The van der Waals surface area contributed by atoms with Crippen LogP contribution in [0.4, 0.5) is 0 Å². The van der Waals surface area contributed by atoms with Gasteiger partial charge in [-0.15, -0.1) is 20.4 Å². The van der Waals surface area contributed by atoms with Crippen molar-refractivity contribution in [3.8, 4) is 0 Å². The minimum atomic E-state index is -0.321. The zero-order valence-electron chi connectivity index (χ0n) is 11.8. The van der Waals surface area contributed by atoms with Crippen LogP contribution in [-0.2, 0) is 16.6 Å². The van der Waals surface area contributed by atoms with Gasteiger partial charge in [-0.05, 0) is 6.92 Å². The molecule has 2 N–H and O–H groups in total. The Hall–Kier alpha value is -1.66. The molecule has 0 aliphatic heterocycles. The number of amides is 2. The number of aryl methyl sites for hydroxylation is 2. The minimum Gasteiger partial charge on any atom is -0.312 e. The van der Waals surface area contributed by atoms with E-state index in [4.69, 9.17) is 0 Å². The quantitative estimate of drug-likeness (QED) is 0.547. The van der Waals surface area contributed by atoms with Gasteiger partial charge in [0.15, 0.2) is 9.50 Å². The van der Waals surface area contributed by atoms with Crippen LogP contribution in [0.1, 0.15) is 5.01 Å². The van der Waals surface area contributed by atoms with E-state index in [9.17, 15) is 9.59 Å². The third kappa shape index (κ3) is 5.27. The summed E-state index contributed by atoms with van der Waals surface area (Å²) in [5, 5.41) is 16.8. The lowest BCUT2D eigenvalue weighted by Gasteiger charge is -2.06. The first-order chi connectivity index (χ1) is 10.5. The summed E-state index contributed by atoms with van der Waals surface area (Å²) in [6.45, 7) is 1.84. The zero-order valence-corrected chi connectivity index (χ0v) is 14.2. The Kier molecular flexibility index (Phi) is 6.15. The summed E-state index contributed by atoms with van der Waals surface area (Å²) >= 11 is 3.92. The summed E-state index contributed by atoms with van der Waals surface area (Å²) in [6, 6.07) is 0. The average molecular weight is 359 g/mol. The fourth-order valence-corrected chi connectivity index (χ4v) is 3.51. The first kappa shape index (κ1) is 16.7. The summed E-state index contributed by atoms with van der Waals surface area (Å²) in [5.74, 6) is -0.339. The van der Waals surface area contributed by atoms with Crippen molar-refractivity contribution in [2.45, 2.75) is 16.4 Å². The number of nitrogens with zero attached hydrogens (tertiary/aromatic N) is 5. The van der Waals surface area contributed by atoms with E-state index in [1.165, 1.54) is 34.9 Å². The number of hydrazine groups is 1. The van der Waals surface area contributed by atoms with Gasteiger partial charge in [-0.25, -0.2) is 0 Å². The Morgan fingerprint density at radius 1 is 1.18 bits per heavy atom. The molecule has 0 aliphatic carbocycles. The molecule has 2 aromatic rings. The van der Waals surface area contributed by atoms with Gasteiger partial charge in [-0.1, -0.05) is 34.9 Å². The van der Waals surface area contributed by atoms with Crippen LogP contribution in [-0.4, -0.2) is 48.3 Å². The van der Waals surface area contributed by atoms with Crippen LogP contribution in [0.5, 0.6) is 0 Å². The van der Waals surface area contributed by atoms with Crippen molar-refractivity contribution >= 4 is 46.7 Å². The second kappa shape index (κ2) is 8.10. The Balaban J connectivity index is 1.63. The zero-order chi connectivity index (χ0) is 15.9. The normalized spacial score (nSPS) is 10.5. The van der Waals surface area contributed by atoms with Gasteiger partial charge in [0.25, 0.3) is 0 Å². The summed E-state index contributed by atoms with van der Waals surface area (Å²) in [4.78, 5) is 23.2. The van der Waals surface area contributed by atoms with E-state index in [2.05, 4.69) is 31.2 Å². The average Bonchev–Trinajstić information content (AvgIpc) is 3.09. The van der Waals surface area contributed by atoms with Gasteiger partial charge in [0.1, 0.15) is 11.3 Å². The highest BCUT2D eigenvalue weighted by molar-refractivity contribution is 8.01. The number of carbonyl (C=O) groups excluding carboxylic acids is 2. The molecule has 0 aromatic carbocycles. The summed E-state index contributed by atoms with van der Waals surface area (Å²) in [6.07, 6.45) is 1.55. The van der Waals surface area contributed by atoms with Crippen molar-refractivity contribution in [3.05, 3.63) is 11.3 Å². The van der Waals surface area contributed by atoms with E-state index in [1.54, 1.807) is 17.9 Å². The minimum absolute atomic E-state index is 0.134. The predicted octanol–water partition coefficient (Wildman–Crippen LogP) is 0.00682. The Bertz CT molecular complexity index is 656. The van der Waals surface area contributed by atoms with E-state index in [0.29, 0.717) is 5.16 Å². The predicted molar refractivity (Wildman–Crippen MR) is 83.4 cm³/mol. The number of carbonyl (C=O) groups is 2. The van der Waals surface area contributed by atoms with Gasteiger partial charge >= 0.3 is 0 Å². The number of rotatable bonds is 6. The van der Waals surface area contributed by atoms with Crippen LogP contribution in [0.2, 0.25) is 0 Å². The van der Waals surface area contributed by atoms with Crippen LogP contribution < -0.4 is 10.9 Å². The molecular weight excluding hydrogens is 346 g/mol. The molecule has 0 bridgehead atoms. The Morgan fingerprint density at radius 3 is 2.41 bits per heavy atom. The van der Waals surface area contributed by atoms with E-state index in [0.717, 1.165) is 9.35 Å². The van der Waals surface area contributed by atoms with Crippen molar-refractivity contribution in [1.82, 2.24) is 35.8 Å². The second-order valence-corrected chi connectivity index (χ2v) is 7.33. The van der Waals surface area contributed by atoms with Crippen LogP contribution in [0.3, 0.4) is 0 Å². The molecule has 0 aliphatic rings. The molecule has 118 valence electrons. The molecule has 2 amide bonds.